The maximum absolute atomic E-state index is 12.0. The largest absolute Gasteiger partial charge is 0.450 e. The lowest BCUT2D eigenvalue weighted by Gasteiger charge is -2.52. The van der Waals surface area contributed by atoms with E-state index in [1.807, 2.05) is 11.8 Å². The summed E-state index contributed by atoms with van der Waals surface area (Å²) < 4.78 is 5.17. The van der Waals surface area contributed by atoms with Crippen LogP contribution in [0.15, 0.2) is 12.4 Å². The molecule has 6 nitrogen and oxygen atoms in total. The Balaban J connectivity index is 1.23. The summed E-state index contributed by atoms with van der Waals surface area (Å²) in [6.07, 6.45) is 11.1. The Morgan fingerprint density at radius 1 is 1.12 bits per heavy atom. The maximum Gasteiger partial charge on any atom is 0.409 e. The summed E-state index contributed by atoms with van der Waals surface area (Å²) in [7, 11) is 4.39. The molecule has 146 valence electrons. The van der Waals surface area contributed by atoms with E-state index in [9.17, 15) is 4.79 Å². The molecule has 1 spiro atoms. The second kappa shape index (κ2) is 6.95. The molecule has 1 aliphatic carbocycles. The molecule has 6 heteroatoms. The average Bonchev–Trinajstić information content (AvgIpc) is 3.19. The van der Waals surface area contributed by atoms with Crippen molar-refractivity contribution in [3.05, 3.63) is 12.4 Å². The summed E-state index contributed by atoms with van der Waals surface area (Å²) in [5.41, 5.74) is 0.379. The van der Waals surface area contributed by atoms with Gasteiger partial charge in [-0.25, -0.2) is 4.79 Å². The molecule has 3 aliphatic heterocycles. The van der Waals surface area contributed by atoms with Gasteiger partial charge in [0.05, 0.1) is 6.61 Å². The molecule has 0 aromatic carbocycles. The first-order valence-corrected chi connectivity index (χ1v) is 10.3. The standard InChI is InChI=1S/C20H34N4O2/c1-4-26-19(25)24-10-7-20(15-24)13-17(14-20)23-8-5-16(6-9-23)18-21(2)11-12-22(18)3/h11-12,16-18H,4-10,13-15H2,1-3H3. The van der Waals surface area contributed by atoms with Gasteiger partial charge in [-0.15, -0.1) is 0 Å². The topological polar surface area (TPSA) is 39.3 Å². The molecule has 0 atom stereocenters. The number of carbonyl (C=O) groups excluding carboxylic acids is 1. The molecule has 2 saturated heterocycles. The molecule has 0 aromatic heterocycles. The van der Waals surface area contributed by atoms with Crippen LogP contribution in [0.3, 0.4) is 0 Å². The van der Waals surface area contributed by atoms with Crippen LogP contribution in [0.4, 0.5) is 4.79 Å². The Kier molecular flexibility index (Phi) is 4.80. The highest BCUT2D eigenvalue weighted by atomic mass is 16.6. The van der Waals surface area contributed by atoms with Crippen LogP contribution in [0, 0.1) is 11.3 Å². The van der Waals surface area contributed by atoms with Gasteiger partial charge < -0.3 is 24.3 Å². The highest BCUT2D eigenvalue weighted by molar-refractivity contribution is 5.68. The number of carbonyl (C=O) groups is 1. The number of ether oxygens (including phenoxy) is 1. The molecule has 1 amide bonds. The first kappa shape index (κ1) is 18.0. The molecule has 0 radical (unpaired) electrons. The minimum absolute atomic E-state index is 0.118. The third-order valence-corrected chi connectivity index (χ3v) is 7.19. The highest BCUT2D eigenvalue weighted by Crippen LogP contribution is 2.50. The van der Waals surface area contributed by atoms with Gasteiger partial charge in [-0.2, -0.15) is 0 Å². The Morgan fingerprint density at radius 3 is 2.38 bits per heavy atom. The highest BCUT2D eigenvalue weighted by Gasteiger charge is 2.51. The lowest BCUT2D eigenvalue weighted by atomic mass is 9.64. The van der Waals surface area contributed by atoms with Crippen LogP contribution in [0.25, 0.3) is 0 Å². The number of amides is 1. The minimum atomic E-state index is -0.118. The van der Waals surface area contributed by atoms with Crippen LogP contribution in [-0.2, 0) is 4.74 Å². The van der Waals surface area contributed by atoms with Gasteiger partial charge in [-0.1, -0.05) is 0 Å². The zero-order valence-corrected chi connectivity index (χ0v) is 16.6. The fourth-order valence-corrected chi connectivity index (χ4v) is 5.76. The summed E-state index contributed by atoms with van der Waals surface area (Å²) in [5.74, 6) is 0.760. The molecule has 3 fully saturated rings. The minimum Gasteiger partial charge on any atom is -0.450 e. The van der Waals surface area contributed by atoms with Crippen molar-refractivity contribution in [1.29, 1.82) is 0 Å². The normalized spacial score (nSPS) is 33.3. The van der Waals surface area contributed by atoms with E-state index in [1.54, 1.807) is 0 Å². The summed E-state index contributed by atoms with van der Waals surface area (Å²) in [6.45, 7) is 6.59. The van der Waals surface area contributed by atoms with Crippen LogP contribution in [0.5, 0.6) is 0 Å². The van der Waals surface area contributed by atoms with E-state index < -0.39 is 0 Å². The van der Waals surface area contributed by atoms with Crippen molar-refractivity contribution in [2.24, 2.45) is 11.3 Å². The number of nitrogens with zero attached hydrogens (tertiary/aromatic N) is 4. The van der Waals surface area contributed by atoms with Gasteiger partial charge in [-0.3, -0.25) is 0 Å². The number of piperidine rings is 1. The van der Waals surface area contributed by atoms with E-state index in [2.05, 4.69) is 41.2 Å². The van der Waals surface area contributed by atoms with Gasteiger partial charge in [0, 0.05) is 51.5 Å². The number of hydrogen-bond acceptors (Lipinski definition) is 5. The molecule has 0 aromatic rings. The Bertz CT molecular complexity index is 540. The molecule has 3 heterocycles. The number of hydrogen-bond donors (Lipinski definition) is 0. The van der Waals surface area contributed by atoms with Crippen molar-refractivity contribution in [3.8, 4) is 0 Å². The smallest absolute Gasteiger partial charge is 0.409 e. The Labute approximate surface area is 157 Å². The first-order valence-electron chi connectivity index (χ1n) is 10.3. The Morgan fingerprint density at radius 2 is 1.77 bits per heavy atom. The average molecular weight is 363 g/mol. The van der Waals surface area contributed by atoms with Crippen molar-refractivity contribution >= 4 is 6.09 Å². The van der Waals surface area contributed by atoms with E-state index in [-0.39, 0.29) is 6.09 Å². The summed E-state index contributed by atoms with van der Waals surface area (Å²) in [4.78, 5) is 21.3. The van der Waals surface area contributed by atoms with Crippen molar-refractivity contribution < 1.29 is 9.53 Å². The van der Waals surface area contributed by atoms with Gasteiger partial charge in [0.25, 0.3) is 0 Å². The molecule has 1 saturated carbocycles. The molecule has 26 heavy (non-hydrogen) atoms. The molecule has 0 bridgehead atoms. The van der Waals surface area contributed by atoms with Crippen LogP contribution in [-0.4, -0.2) is 84.8 Å². The van der Waals surface area contributed by atoms with Gasteiger partial charge in [0.1, 0.15) is 6.17 Å². The summed E-state index contributed by atoms with van der Waals surface area (Å²) >= 11 is 0. The quantitative estimate of drug-likeness (QED) is 0.771. The molecule has 0 N–H and O–H groups in total. The van der Waals surface area contributed by atoms with Gasteiger partial charge in [-0.05, 0) is 57.5 Å². The lowest BCUT2D eigenvalue weighted by molar-refractivity contribution is -0.0216. The van der Waals surface area contributed by atoms with Gasteiger partial charge in [0.15, 0.2) is 0 Å². The lowest BCUT2D eigenvalue weighted by Crippen LogP contribution is -2.55. The van der Waals surface area contributed by atoms with Gasteiger partial charge >= 0.3 is 6.09 Å². The molecule has 0 unspecified atom stereocenters. The molecular weight excluding hydrogens is 328 g/mol. The van der Waals surface area contributed by atoms with E-state index in [0.717, 1.165) is 31.5 Å². The van der Waals surface area contributed by atoms with E-state index in [1.165, 1.54) is 38.8 Å². The predicted octanol–water partition coefficient (Wildman–Crippen LogP) is 2.38. The Hall–Kier alpha value is -1.43. The molecule has 4 aliphatic rings. The van der Waals surface area contributed by atoms with E-state index >= 15 is 0 Å². The summed E-state index contributed by atoms with van der Waals surface area (Å²) in [5, 5.41) is 0. The number of rotatable bonds is 3. The van der Waals surface area contributed by atoms with Crippen LogP contribution in [0.2, 0.25) is 0 Å². The zero-order valence-electron chi connectivity index (χ0n) is 16.6. The predicted molar refractivity (Wildman–Crippen MR) is 101 cm³/mol. The van der Waals surface area contributed by atoms with Crippen molar-refractivity contribution in [3.63, 3.8) is 0 Å². The monoisotopic (exact) mass is 362 g/mol. The third-order valence-electron chi connectivity index (χ3n) is 7.19. The van der Waals surface area contributed by atoms with Crippen molar-refractivity contribution in [2.75, 3.05) is 46.9 Å². The number of likely N-dealkylation sites (tertiary alicyclic amines) is 2. The molecular formula is C20H34N4O2. The van der Waals surface area contributed by atoms with Crippen LogP contribution >= 0.6 is 0 Å². The van der Waals surface area contributed by atoms with Crippen molar-refractivity contribution in [1.82, 2.24) is 19.6 Å². The molecule has 4 rings (SSSR count). The fourth-order valence-electron chi connectivity index (χ4n) is 5.76. The SMILES string of the molecule is CCOC(=O)N1CCC2(CC(N3CCC(C4N(C)C=CN4C)CC3)C2)C1. The second-order valence-corrected chi connectivity index (χ2v) is 8.85. The first-order chi connectivity index (χ1) is 12.5. The van der Waals surface area contributed by atoms with Crippen molar-refractivity contribution in [2.45, 2.75) is 51.2 Å². The fraction of sp³-hybridized carbons (Fsp3) is 0.850. The van der Waals surface area contributed by atoms with E-state index in [0.29, 0.717) is 18.2 Å². The third kappa shape index (κ3) is 3.17. The zero-order chi connectivity index (χ0) is 18.3. The second-order valence-electron chi connectivity index (χ2n) is 8.85. The van der Waals surface area contributed by atoms with Crippen LogP contribution < -0.4 is 0 Å². The summed E-state index contributed by atoms with van der Waals surface area (Å²) in [6, 6.07) is 0.732. The van der Waals surface area contributed by atoms with Crippen LogP contribution in [0.1, 0.15) is 39.0 Å². The maximum atomic E-state index is 12.0. The van der Waals surface area contributed by atoms with E-state index in [4.69, 9.17) is 4.74 Å². The van der Waals surface area contributed by atoms with Gasteiger partial charge in [0.2, 0.25) is 0 Å².